The van der Waals surface area contributed by atoms with Crippen molar-refractivity contribution in [3.8, 4) is 0 Å². The highest BCUT2D eigenvalue weighted by Crippen LogP contribution is 2.45. The number of ether oxygens (including phenoxy) is 1. The Hall–Kier alpha value is -0.320. The maximum Gasteiger partial charge on any atom is 0.230 e. The van der Waals surface area contributed by atoms with E-state index in [1.165, 1.54) is 19.3 Å². The molecular weight excluding hydrogens is 288 g/mol. The molecule has 0 aromatic carbocycles. The zero-order valence-corrected chi connectivity index (χ0v) is 13.9. The number of carbonyl (C=O) groups excluding carboxylic acids is 1. The molecule has 3 rings (SSSR count). The number of nitrogens with one attached hydrogen (secondary N) is 1. The van der Waals surface area contributed by atoms with E-state index in [1.54, 1.807) is 7.11 Å². The Bertz CT molecular complexity index is 358. The number of amides is 1. The van der Waals surface area contributed by atoms with Gasteiger partial charge >= 0.3 is 0 Å². The summed E-state index contributed by atoms with van der Waals surface area (Å²) >= 11 is 0. The van der Waals surface area contributed by atoms with Crippen molar-refractivity contribution >= 4 is 18.3 Å². The molecule has 3 aliphatic rings. The molecule has 1 saturated carbocycles. The molecule has 3 fully saturated rings. The van der Waals surface area contributed by atoms with Gasteiger partial charge in [-0.15, -0.1) is 12.4 Å². The van der Waals surface area contributed by atoms with E-state index in [0.717, 1.165) is 52.0 Å². The largest absolute Gasteiger partial charge is 0.384 e. The lowest BCUT2D eigenvalue weighted by atomic mass is 9.67. The van der Waals surface area contributed by atoms with Gasteiger partial charge in [-0.3, -0.25) is 4.79 Å². The molecule has 5 heteroatoms. The lowest BCUT2D eigenvalue weighted by Crippen LogP contribution is -2.52. The Balaban J connectivity index is 0.00000161. The van der Waals surface area contributed by atoms with Crippen molar-refractivity contribution in [2.75, 3.05) is 39.9 Å². The molecular formula is C16H29ClN2O2. The minimum absolute atomic E-state index is 0. The van der Waals surface area contributed by atoms with E-state index in [-0.39, 0.29) is 17.8 Å². The molecule has 2 heterocycles. The number of likely N-dealkylation sites (tertiary alicyclic amines) is 1. The molecule has 2 saturated heterocycles. The molecule has 122 valence electrons. The summed E-state index contributed by atoms with van der Waals surface area (Å²) in [6, 6.07) is 0. The van der Waals surface area contributed by atoms with E-state index in [0.29, 0.717) is 17.7 Å². The summed E-state index contributed by atoms with van der Waals surface area (Å²) in [6.07, 6.45) is 7.07. The second-order valence-corrected chi connectivity index (χ2v) is 6.92. The van der Waals surface area contributed by atoms with Crippen molar-refractivity contribution in [2.24, 2.45) is 17.3 Å². The molecule has 0 unspecified atom stereocenters. The van der Waals surface area contributed by atoms with Gasteiger partial charge in [0.15, 0.2) is 0 Å². The fourth-order valence-corrected chi connectivity index (χ4v) is 4.52. The molecule has 0 aromatic rings. The number of fused-ring (bicyclic) bond motifs is 1. The third kappa shape index (κ3) is 3.22. The SMILES string of the molecule is COCC1CCN(C(=O)[C@@]23CCCC[C@H]2CNC3)CC1.Cl. The zero-order valence-electron chi connectivity index (χ0n) is 13.1. The second kappa shape index (κ2) is 7.30. The van der Waals surface area contributed by atoms with E-state index >= 15 is 0 Å². The Morgan fingerprint density at radius 3 is 2.76 bits per heavy atom. The summed E-state index contributed by atoms with van der Waals surface area (Å²) in [4.78, 5) is 15.2. The number of carbonyl (C=O) groups is 1. The molecule has 0 aromatic heterocycles. The van der Waals surface area contributed by atoms with Crippen LogP contribution in [-0.2, 0) is 9.53 Å². The number of hydrogen-bond donors (Lipinski definition) is 1. The van der Waals surface area contributed by atoms with Gasteiger partial charge in [0.1, 0.15) is 0 Å². The van der Waals surface area contributed by atoms with Gasteiger partial charge in [-0.05, 0) is 44.1 Å². The zero-order chi connectivity index (χ0) is 14.0. The van der Waals surface area contributed by atoms with Crippen LogP contribution < -0.4 is 5.32 Å². The molecule has 2 aliphatic heterocycles. The van der Waals surface area contributed by atoms with E-state index in [1.807, 2.05) is 0 Å². The number of rotatable bonds is 3. The van der Waals surface area contributed by atoms with Gasteiger partial charge in [-0.2, -0.15) is 0 Å². The first kappa shape index (κ1) is 17.0. The van der Waals surface area contributed by atoms with E-state index in [4.69, 9.17) is 4.74 Å². The van der Waals surface area contributed by atoms with E-state index in [2.05, 4.69) is 10.2 Å². The first-order chi connectivity index (χ1) is 9.76. The summed E-state index contributed by atoms with van der Waals surface area (Å²) in [5.74, 6) is 1.67. The number of nitrogens with zero attached hydrogens (tertiary/aromatic N) is 1. The lowest BCUT2D eigenvalue weighted by molar-refractivity contribution is -0.147. The number of hydrogen-bond acceptors (Lipinski definition) is 3. The molecule has 2 atom stereocenters. The molecule has 0 spiro atoms. The van der Waals surface area contributed by atoms with Gasteiger partial charge in [0, 0.05) is 33.4 Å². The van der Waals surface area contributed by atoms with Crippen LogP contribution in [0.25, 0.3) is 0 Å². The second-order valence-electron chi connectivity index (χ2n) is 6.92. The first-order valence-corrected chi connectivity index (χ1v) is 8.25. The predicted molar refractivity (Wildman–Crippen MR) is 85.7 cm³/mol. The number of piperidine rings is 1. The van der Waals surface area contributed by atoms with Crippen molar-refractivity contribution in [1.82, 2.24) is 10.2 Å². The van der Waals surface area contributed by atoms with Gasteiger partial charge in [-0.25, -0.2) is 0 Å². The highest BCUT2D eigenvalue weighted by molar-refractivity contribution is 5.85. The van der Waals surface area contributed by atoms with Crippen LogP contribution in [0.15, 0.2) is 0 Å². The van der Waals surface area contributed by atoms with Crippen LogP contribution in [0, 0.1) is 17.3 Å². The van der Waals surface area contributed by atoms with Gasteiger partial charge in [-0.1, -0.05) is 12.8 Å². The van der Waals surface area contributed by atoms with Crippen molar-refractivity contribution in [2.45, 2.75) is 38.5 Å². The molecule has 1 N–H and O–H groups in total. The summed E-state index contributed by atoms with van der Waals surface area (Å²) in [6.45, 7) is 4.67. The summed E-state index contributed by atoms with van der Waals surface area (Å²) in [7, 11) is 1.77. The predicted octanol–water partition coefficient (Wildman–Crippen LogP) is 2.07. The fraction of sp³-hybridized carbons (Fsp3) is 0.938. The van der Waals surface area contributed by atoms with Gasteiger partial charge in [0.25, 0.3) is 0 Å². The standard InChI is InChI=1S/C16H28N2O2.ClH/c1-20-11-13-5-8-18(9-6-13)15(19)16-7-3-2-4-14(16)10-17-12-16;/h13-14,17H,2-12H2,1H3;1H/t14-,16+;/m0./s1. The van der Waals surface area contributed by atoms with Crippen LogP contribution >= 0.6 is 12.4 Å². The first-order valence-electron chi connectivity index (χ1n) is 8.25. The number of methoxy groups -OCH3 is 1. The van der Waals surface area contributed by atoms with Gasteiger partial charge < -0.3 is 15.0 Å². The van der Waals surface area contributed by atoms with Crippen LogP contribution in [0.2, 0.25) is 0 Å². The van der Waals surface area contributed by atoms with Crippen molar-refractivity contribution in [3.63, 3.8) is 0 Å². The lowest BCUT2D eigenvalue weighted by Gasteiger charge is -2.43. The monoisotopic (exact) mass is 316 g/mol. The summed E-state index contributed by atoms with van der Waals surface area (Å²) in [5.41, 5.74) is -0.0632. The molecule has 1 aliphatic carbocycles. The minimum atomic E-state index is -0.0632. The van der Waals surface area contributed by atoms with Crippen LogP contribution in [0.5, 0.6) is 0 Å². The van der Waals surface area contributed by atoms with Crippen molar-refractivity contribution < 1.29 is 9.53 Å². The van der Waals surface area contributed by atoms with Crippen molar-refractivity contribution in [1.29, 1.82) is 0 Å². The third-order valence-electron chi connectivity index (χ3n) is 5.77. The maximum atomic E-state index is 13.1. The topological polar surface area (TPSA) is 41.6 Å². The molecule has 1 amide bonds. The summed E-state index contributed by atoms with van der Waals surface area (Å²) in [5, 5.41) is 3.49. The maximum absolute atomic E-state index is 13.1. The van der Waals surface area contributed by atoms with Crippen LogP contribution in [0.3, 0.4) is 0 Å². The average Bonchev–Trinajstić information content (AvgIpc) is 2.92. The number of halogens is 1. The Labute approximate surface area is 134 Å². The Morgan fingerprint density at radius 2 is 2.05 bits per heavy atom. The molecule has 21 heavy (non-hydrogen) atoms. The van der Waals surface area contributed by atoms with Crippen LogP contribution in [-0.4, -0.2) is 50.7 Å². The van der Waals surface area contributed by atoms with Gasteiger partial charge in [0.05, 0.1) is 5.41 Å². The highest BCUT2D eigenvalue weighted by Gasteiger charge is 2.51. The Kier molecular flexibility index (Phi) is 5.92. The Morgan fingerprint density at radius 1 is 1.29 bits per heavy atom. The smallest absolute Gasteiger partial charge is 0.230 e. The third-order valence-corrected chi connectivity index (χ3v) is 5.77. The quantitative estimate of drug-likeness (QED) is 0.866. The highest BCUT2D eigenvalue weighted by atomic mass is 35.5. The van der Waals surface area contributed by atoms with E-state index < -0.39 is 0 Å². The molecule has 0 bridgehead atoms. The normalized spacial score (nSPS) is 33.4. The fourth-order valence-electron chi connectivity index (χ4n) is 4.52. The van der Waals surface area contributed by atoms with Crippen molar-refractivity contribution in [3.05, 3.63) is 0 Å². The van der Waals surface area contributed by atoms with E-state index in [9.17, 15) is 4.79 Å². The average molecular weight is 317 g/mol. The van der Waals surface area contributed by atoms with Crippen LogP contribution in [0.1, 0.15) is 38.5 Å². The van der Waals surface area contributed by atoms with Crippen LogP contribution in [0.4, 0.5) is 0 Å². The molecule has 0 radical (unpaired) electrons. The summed E-state index contributed by atoms with van der Waals surface area (Å²) < 4.78 is 5.25. The minimum Gasteiger partial charge on any atom is -0.384 e. The molecule has 4 nitrogen and oxygen atoms in total. The van der Waals surface area contributed by atoms with Gasteiger partial charge in [0.2, 0.25) is 5.91 Å².